The second-order valence-corrected chi connectivity index (χ2v) is 10.6. The van der Waals surface area contributed by atoms with Gasteiger partial charge in [-0.1, -0.05) is 29.3 Å². The van der Waals surface area contributed by atoms with Crippen LogP contribution in [-0.2, 0) is 27.1 Å². The number of hydrogen-bond acceptors (Lipinski definition) is 6. The molecule has 2 N–H and O–H groups in total. The first kappa shape index (κ1) is 20.0. The van der Waals surface area contributed by atoms with E-state index < -0.39 is 20.0 Å². The molecule has 0 spiro atoms. The normalized spacial score (nSPS) is 12.1. The first-order valence-electron chi connectivity index (χ1n) is 7.16. The highest BCUT2D eigenvalue weighted by atomic mass is 35.5. The molecule has 144 valence electrons. The molecule has 13 heteroatoms. The lowest BCUT2D eigenvalue weighted by Gasteiger charge is -2.14. The van der Waals surface area contributed by atoms with Crippen molar-refractivity contribution in [2.45, 2.75) is 9.24 Å². The van der Waals surface area contributed by atoms with Crippen LogP contribution in [0.4, 0.5) is 11.4 Å². The van der Waals surface area contributed by atoms with E-state index in [0.29, 0.717) is 0 Å². The smallest absolute Gasteiger partial charge is 0.277 e. The van der Waals surface area contributed by atoms with Gasteiger partial charge in [0.05, 0.1) is 21.4 Å². The Morgan fingerprint density at radius 2 is 1.59 bits per heavy atom. The fraction of sp³-hybridized carbons (Fsp3) is 0.0714. The highest BCUT2D eigenvalue weighted by Gasteiger charge is 2.23. The van der Waals surface area contributed by atoms with Crippen molar-refractivity contribution in [3.63, 3.8) is 0 Å². The van der Waals surface area contributed by atoms with Crippen molar-refractivity contribution in [3.05, 3.63) is 52.0 Å². The van der Waals surface area contributed by atoms with Crippen molar-refractivity contribution >= 4 is 66.0 Å². The minimum absolute atomic E-state index is 0.0504. The van der Waals surface area contributed by atoms with E-state index in [9.17, 15) is 16.8 Å². The molecule has 0 radical (unpaired) electrons. The van der Waals surface area contributed by atoms with Crippen LogP contribution in [0.25, 0.3) is 0 Å². The molecule has 27 heavy (non-hydrogen) atoms. The lowest BCUT2D eigenvalue weighted by Crippen LogP contribution is -2.17. The monoisotopic (exact) mass is 466 g/mol. The summed E-state index contributed by atoms with van der Waals surface area (Å²) < 4.78 is 56.0. The van der Waals surface area contributed by atoms with Gasteiger partial charge in [0.25, 0.3) is 20.0 Å². The lowest BCUT2D eigenvalue weighted by molar-refractivity contribution is 0.592. The Morgan fingerprint density at radius 3 is 2.07 bits per heavy atom. The maximum absolute atomic E-state index is 12.5. The van der Waals surface area contributed by atoms with Gasteiger partial charge in [0.1, 0.15) is 4.21 Å². The summed E-state index contributed by atoms with van der Waals surface area (Å²) in [5, 5.41) is 5.31. The molecule has 3 aromatic rings. The van der Waals surface area contributed by atoms with Crippen molar-refractivity contribution in [2.75, 3.05) is 9.44 Å². The number of hydrogen-bond donors (Lipinski definition) is 2. The molecule has 3 rings (SSSR count). The molecular weight excluding hydrogens is 455 g/mol. The standard InChI is InChI=1S/C14H12Cl2N4O4S3/c1-20-5-4-13(17-20)26(21,22)18-11-7-9(15)10(16)8-12(11)19-27(23,24)14-3-2-6-25-14/h2-8,18-19H,1H3. The zero-order valence-electron chi connectivity index (χ0n) is 13.5. The molecule has 8 nitrogen and oxygen atoms in total. The molecule has 0 fully saturated rings. The van der Waals surface area contributed by atoms with Crippen molar-refractivity contribution < 1.29 is 16.8 Å². The molecule has 0 saturated heterocycles. The van der Waals surface area contributed by atoms with Gasteiger partial charge in [0, 0.05) is 13.2 Å². The third-order valence-electron chi connectivity index (χ3n) is 3.27. The van der Waals surface area contributed by atoms with E-state index in [4.69, 9.17) is 23.2 Å². The highest BCUT2D eigenvalue weighted by Crippen LogP contribution is 2.35. The molecule has 0 saturated carbocycles. The summed E-state index contributed by atoms with van der Waals surface area (Å²) in [6.07, 6.45) is 1.46. The van der Waals surface area contributed by atoms with Gasteiger partial charge in [0.15, 0.2) is 5.03 Å². The molecule has 0 bridgehead atoms. The summed E-state index contributed by atoms with van der Waals surface area (Å²) in [5.41, 5.74) is -0.160. The van der Waals surface area contributed by atoms with Gasteiger partial charge >= 0.3 is 0 Å². The van der Waals surface area contributed by atoms with Gasteiger partial charge in [-0.15, -0.1) is 11.3 Å². The van der Waals surface area contributed by atoms with Crippen LogP contribution < -0.4 is 9.44 Å². The van der Waals surface area contributed by atoms with Gasteiger partial charge in [0.2, 0.25) is 0 Å². The van der Waals surface area contributed by atoms with Crippen LogP contribution in [0.1, 0.15) is 0 Å². The quantitative estimate of drug-likeness (QED) is 0.578. The molecule has 0 amide bonds. The fourth-order valence-electron chi connectivity index (χ4n) is 2.06. The van der Waals surface area contributed by atoms with Crippen LogP contribution in [0.3, 0.4) is 0 Å². The number of nitrogens with zero attached hydrogens (tertiary/aromatic N) is 2. The van der Waals surface area contributed by atoms with Crippen molar-refractivity contribution in [2.24, 2.45) is 7.05 Å². The molecule has 0 aliphatic rings. The van der Waals surface area contributed by atoms with Crippen molar-refractivity contribution in [3.8, 4) is 0 Å². The van der Waals surface area contributed by atoms with Gasteiger partial charge in [-0.25, -0.2) is 8.42 Å². The number of halogens is 2. The number of sulfonamides is 2. The molecule has 2 heterocycles. The van der Waals surface area contributed by atoms with Crippen LogP contribution in [0.2, 0.25) is 10.0 Å². The fourth-order valence-corrected chi connectivity index (χ4v) is 5.49. The molecular formula is C14H12Cl2N4O4S3. The lowest BCUT2D eigenvalue weighted by atomic mass is 10.3. The predicted molar refractivity (Wildman–Crippen MR) is 106 cm³/mol. The Morgan fingerprint density at radius 1 is 1.00 bits per heavy atom. The maximum Gasteiger partial charge on any atom is 0.281 e. The van der Waals surface area contributed by atoms with E-state index in [2.05, 4.69) is 14.5 Å². The Kier molecular flexibility index (Phi) is 5.41. The molecule has 1 aromatic carbocycles. The third-order valence-corrected chi connectivity index (χ3v) is 8.02. The molecule has 0 atom stereocenters. The minimum atomic E-state index is -4.07. The number of benzene rings is 1. The molecule has 0 aliphatic carbocycles. The second-order valence-electron chi connectivity index (χ2n) is 5.28. The summed E-state index contributed by atoms with van der Waals surface area (Å²) in [4.78, 5) is 0. The second kappa shape index (κ2) is 7.32. The Balaban J connectivity index is 2.02. The first-order valence-corrected chi connectivity index (χ1v) is 11.8. The van der Waals surface area contributed by atoms with Gasteiger partial charge < -0.3 is 0 Å². The van der Waals surface area contributed by atoms with E-state index in [0.717, 1.165) is 11.3 Å². The summed E-state index contributed by atoms with van der Waals surface area (Å²) in [7, 11) is -6.43. The maximum atomic E-state index is 12.5. The highest BCUT2D eigenvalue weighted by molar-refractivity contribution is 7.94. The van der Waals surface area contributed by atoms with E-state index in [-0.39, 0.29) is 30.7 Å². The average Bonchev–Trinajstić information content (AvgIpc) is 3.23. The van der Waals surface area contributed by atoms with Gasteiger partial charge in [-0.05, 0) is 29.6 Å². The van der Waals surface area contributed by atoms with Crippen LogP contribution >= 0.6 is 34.5 Å². The number of thiophene rings is 1. The topological polar surface area (TPSA) is 110 Å². The summed E-state index contributed by atoms with van der Waals surface area (Å²) in [5.74, 6) is 0. The summed E-state index contributed by atoms with van der Waals surface area (Å²) >= 11 is 13.0. The SMILES string of the molecule is Cn1ccc(S(=O)(=O)Nc2cc(Cl)c(Cl)cc2NS(=O)(=O)c2cccs2)n1. The zero-order valence-corrected chi connectivity index (χ0v) is 17.5. The van der Waals surface area contributed by atoms with E-state index in [1.54, 1.807) is 18.5 Å². The third kappa shape index (κ3) is 4.38. The van der Waals surface area contributed by atoms with Crippen LogP contribution in [-0.4, -0.2) is 26.6 Å². The Bertz CT molecular complexity index is 1190. The summed E-state index contributed by atoms with van der Waals surface area (Å²) in [6.45, 7) is 0. The predicted octanol–water partition coefficient (Wildman–Crippen LogP) is 3.39. The largest absolute Gasteiger partial charge is 0.281 e. The average molecular weight is 467 g/mol. The molecule has 0 unspecified atom stereocenters. The minimum Gasteiger partial charge on any atom is -0.277 e. The van der Waals surface area contributed by atoms with E-state index in [1.165, 1.54) is 35.1 Å². The number of aryl methyl sites for hydroxylation is 1. The number of anilines is 2. The molecule has 2 aromatic heterocycles. The van der Waals surface area contributed by atoms with E-state index >= 15 is 0 Å². The van der Waals surface area contributed by atoms with Crippen LogP contribution in [0.5, 0.6) is 0 Å². The van der Waals surface area contributed by atoms with Gasteiger partial charge in [-0.2, -0.15) is 13.5 Å². The first-order chi connectivity index (χ1) is 12.6. The number of aromatic nitrogens is 2. The van der Waals surface area contributed by atoms with Gasteiger partial charge in [-0.3, -0.25) is 14.1 Å². The number of nitrogens with one attached hydrogen (secondary N) is 2. The zero-order chi connectivity index (χ0) is 19.8. The van der Waals surface area contributed by atoms with E-state index in [1.807, 2.05) is 0 Å². The molecule has 0 aliphatic heterocycles. The Labute approximate surface area is 169 Å². The van der Waals surface area contributed by atoms with Crippen LogP contribution in [0.15, 0.2) is 51.1 Å². The van der Waals surface area contributed by atoms with Crippen molar-refractivity contribution in [1.82, 2.24) is 9.78 Å². The summed E-state index contributed by atoms with van der Waals surface area (Å²) in [6, 6.07) is 6.75. The number of rotatable bonds is 6. The van der Waals surface area contributed by atoms with Crippen LogP contribution in [0, 0.1) is 0 Å². The van der Waals surface area contributed by atoms with Crippen molar-refractivity contribution in [1.29, 1.82) is 0 Å². The Hall–Kier alpha value is -1.79.